The standard InChI is InChI=1S/C15H21N3O3/c1-3-15(6-8-16-9-7-15)14(19)17-12-10-11(2)4-5-13(12)18(20)21/h4-5,10,16H,3,6-9H2,1-2H3,(H,17,19). The zero-order chi connectivity index (χ0) is 15.5. The quantitative estimate of drug-likeness (QED) is 0.659. The van der Waals surface area contributed by atoms with Gasteiger partial charge in [0.25, 0.3) is 5.69 Å². The number of rotatable bonds is 4. The summed E-state index contributed by atoms with van der Waals surface area (Å²) in [5, 5.41) is 17.1. The summed E-state index contributed by atoms with van der Waals surface area (Å²) < 4.78 is 0. The average molecular weight is 291 g/mol. The van der Waals surface area contributed by atoms with Crippen molar-refractivity contribution in [1.29, 1.82) is 0 Å². The van der Waals surface area contributed by atoms with Crippen molar-refractivity contribution in [3.8, 4) is 0 Å². The SMILES string of the molecule is CCC1(C(=O)Nc2cc(C)ccc2[N+](=O)[O-])CCNCC1. The first-order chi connectivity index (χ1) is 9.98. The average Bonchev–Trinajstić information content (AvgIpc) is 2.47. The third-order valence-electron chi connectivity index (χ3n) is 4.32. The van der Waals surface area contributed by atoms with Crippen LogP contribution in [-0.2, 0) is 4.79 Å². The number of benzene rings is 1. The van der Waals surface area contributed by atoms with Crippen LogP contribution in [-0.4, -0.2) is 23.9 Å². The third kappa shape index (κ3) is 3.21. The van der Waals surface area contributed by atoms with Crippen molar-refractivity contribution in [2.45, 2.75) is 33.1 Å². The summed E-state index contributed by atoms with van der Waals surface area (Å²) in [6.45, 7) is 5.45. The number of nitrogens with one attached hydrogen (secondary N) is 2. The molecule has 1 amide bonds. The van der Waals surface area contributed by atoms with Gasteiger partial charge in [-0.05, 0) is 50.9 Å². The molecule has 0 saturated carbocycles. The van der Waals surface area contributed by atoms with E-state index >= 15 is 0 Å². The van der Waals surface area contributed by atoms with E-state index in [1.807, 2.05) is 13.8 Å². The lowest BCUT2D eigenvalue weighted by atomic mass is 9.76. The Hall–Kier alpha value is -1.95. The number of amides is 1. The first-order valence-corrected chi connectivity index (χ1v) is 7.26. The highest BCUT2D eigenvalue weighted by Gasteiger charge is 2.38. The Bertz CT molecular complexity index is 551. The Labute approximate surface area is 124 Å². The van der Waals surface area contributed by atoms with Crippen LogP contribution in [0.25, 0.3) is 0 Å². The lowest BCUT2D eigenvalue weighted by molar-refractivity contribution is -0.383. The van der Waals surface area contributed by atoms with Gasteiger partial charge in [-0.2, -0.15) is 0 Å². The predicted octanol–water partition coefficient (Wildman–Crippen LogP) is 2.62. The first kappa shape index (κ1) is 15.4. The highest BCUT2D eigenvalue weighted by molar-refractivity contribution is 5.97. The van der Waals surface area contributed by atoms with Gasteiger partial charge in [-0.1, -0.05) is 13.0 Å². The minimum Gasteiger partial charge on any atom is -0.320 e. The molecule has 0 aromatic heterocycles. The molecule has 1 aromatic rings. The molecule has 1 aromatic carbocycles. The molecule has 1 aliphatic rings. The molecule has 21 heavy (non-hydrogen) atoms. The van der Waals surface area contributed by atoms with Gasteiger partial charge < -0.3 is 10.6 Å². The van der Waals surface area contributed by atoms with Crippen LogP contribution in [0.4, 0.5) is 11.4 Å². The van der Waals surface area contributed by atoms with Crippen LogP contribution in [0.5, 0.6) is 0 Å². The Morgan fingerprint density at radius 2 is 2.10 bits per heavy atom. The normalized spacial score (nSPS) is 17.2. The van der Waals surface area contributed by atoms with E-state index in [1.54, 1.807) is 12.1 Å². The fourth-order valence-corrected chi connectivity index (χ4v) is 2.81. The van der Waals surface area contributed by atoms with Crippen molar-refractivity contribution >= 4 is 17.3 Å². The maximum absolute atomic E-state index is 12.6. The largest absolute Gasteiger partial charge is 0.320 e. The number of hydrogen-bond donors (Lipinski definition) is 2. The second-order valence-corrected chi connectivity index (χ2v) is 5.62. The van der Waals surface area contributed by atoms with Gasteiger partial charge in [0.1, 0.15) is 5.69 Å². The molecular formula is C15H21N3O3. The van der Waals surface area contributed by atoms with Crippen molar-refractivity contribution in [2.24, 2.45) is 5.41 Å². The molecule has 2 N–H and O–H groups in total. The second kappa shape index (κ2) is 6.22. The van der Waals surface area contributed by atoms with E-state index in [4.69, 9.17) is 0 Å². The van der Waals surface area contributed by atoms with E-state index in [9.17, 15) is 14.9 Å². The van der Waals surface area contributed by atoms with Crippen LogP contribution < -0.4 is 10.6 Å². The maximum atomic E-state index is 12.6. The van der Waals surface area contributed by atoms with Gasteiger partial charge in [0, 0.05) is 6.07 Å². The molecule has 1 heterocycles. The van der Waals surface area contributed by atoms with Gasteiger partial charge >= 0.3 is 0 Å². The van der Waals surface area contributed by atoms with Crippen LogP contribution in [0, 0.1) is 22.5 Å². The molecule has 0 aliphatic carbocycles. The van der Waals surface area contributed by atoms with Crippen LogP contribution >= 0.6 is 0 Å². The van der Waals surface area contributed by atoms with Crippen molar-refractivity contribution in [1.82, 2.24) is 5.32 Å². The topological polar surface area (TPSA) is 84.3 Å². The molecule has 0 atom stereocenters. The Kier molecular flexibility index (Phi) is 4.57. The third-order valence-corrected chi connectivity index (χ3v) is 4.32. The molecule has 1 fully saturated rings. The van der Waals surface area contributed by atoms with Crippen molar-refractivity contribution in [3.63, 3.8) is 0 Å². The number of nitrogens with zero attached hydrogens (tertiary/aromatic N) is 1. The lowest BCUT2D eigenvalue weighted by Crippen LogP contribution is -2.44. The van der Waals surface area contributed by atoms with E-state index < -0.39 is 10.3 Å². The predicted molar refractivity (Wildman–Crippen MR) is 81.3 cm³/mol. The van der Waals surface area contributed by atoms with Gasteiger partial charge in [0.05, 0.1) is 10.3 Å². The molecule has 1 aliphatic heterocycles. The summed E-state index contributed by atoms with van der Waals surface area (Å²) in [5.74, 6) is -0.111. The summed E-state index contributed by atoms with van der Waals surface area (Å²) >= 11 is 0. The monoisotopic (exact) mass is 291 g/mol. The summed E-state index contributed by atoms with van der Waals surface area (Å²) in [7, 11) is 0. The van der Waals surface area contributed by atoms with E-state index in [1.165, 1.54) is 6.07 Å². The van der Waals surface area contributed by atoms with Gasteiger partial charge in [-0.15, -0.1) is 0 Å². The summed E-state index contributed by atoms with van der Waals surface area (Å²) in [6.07, 6.45) is 2.25. The summed E-state index contributed by atoms with van der Waals surface area (Å²) in [6, 6.07) is 4.76. The zero-order valence-electron chi connectivity index (χ0n) is 12.4. The van der Waals surface area contributed by atoms with Gasteiger partial charge in [-0.3, -0.25) is 14.9 Å². The summed E-state index contributed by atoms with van der Waals surface area (Å²) in [5.41, 5.74) is 0.681. The van der Waals surface area contributed by atoms with Crippen LogP contribution in [0.1, 0.15) is 31.7 Å². The number of carbonyl (C=O) groups is 1. The van der Waals surface area contributed by atoms with E-state index in [2.05, 4.69) is 10.6 Å². The van der Waals surface area contributed by atoms with Crippen LogP contribution in [0.15, 0.2) is 18.2 Å². The highest BCUT2D eigenvalue weighted by atomic mass is 16.6. The molecule has 114 valence electrons. The molecule has 2 rings (SSSR count). The Morgan fingerprint density at radius 1 is 1.43 bits per heavy atom. The number of aryl methyl sites for hydroxylation is 1. The highest BCUT2D eigenvalue weighted by Crippen LogP contribution is 2.35. The van der Waals surface area contributed by atoms with E-state index in [0.717, 1.165) is 37.9 Å². The molecule has 0 unspecified atom stereocenters. The molecule has 0 spiro atoms. The van der Waals surface area contributed by atoms with Crippen LogP contribution in [0.2, 0.25) is 0 Å². The molecule has 1 saturated heterocycles. The van der Waals surface area contributed by atoms with E-state index in [0.29, 0.717) is 0 Å². The van der Waals surface area contributed by atoms with Gasteiger partial charge in [0.2, 0.25) is 5.91 Å². The molecule has 6 nitrogen and oxygen atoms in total. The van der Waals surface area contributed by atoms with Crippen molar-refractivity contribution < 1.29 is 9.72 Å². The number of piperidine rings is 1. The fraction of sp³-hybridized carbons (Fsp3) is 0.533. The van der Waals surface area contributed by atoms with Gasteiger partial charge in [-0.25, -0.2) is 0 Å². The smallest absolute Gasteiger partial charge is 0.292 e. The number of nitro benzene ring substituents is 1. The number of carbonyl (C=O) groups excluding carboxylic acids is 1. The van der Waals surface area contributed by atoms with Crippen molar-refractivity contribution in [2.75, 3.05) is 18.4 Å². The number of nitro groups is 1. The molecule has 0 radical (unpaired) electrons. The second-order valence-electron chi connectivity index (χ2n) is 5.62. The zero-order valence-corrected chi connectivity index (χ0v) is 12.4. The maximum Gasteiger partial charge on any atom is 0.292 e. The Balaban J connectivity index is 2.26. The Morgan fingerprint density at radius 3 is 2.67 bits per heavy atom. The number of hydrogen-bond acceptors (Lipinski definition) is 4. The van der Waals surface area contributed by atoms with Crippen molar-refractivity contribution in [3.05, 3.63) is 33.9 Å². The van der Waals surface area contributed by atoms with Crippen LogP contribution in [0.3, 0.4) is 0 Å². The first-order valence-electron chi connectivity index (χ1n) is 7.26. The minimum atomic E-state index is -0.462. The summed E-state index contributed by atoms with van der Waals surface area (Å²) in [4.78, 5) is 23.3. The van der Waals surface area contributed by atoms with Gasteiger partial charge in [0.15, 0.2) is 0 Å². The number of anilines is 1. The van der Waals surface area contributed by atoms with E-state index in [-0.39, 0.29) is 17.3 Å². The minimum absolute atomic E-state index is 0.0610. The molecule has 0 bridgehead atoms. The lowest BCUT2D eigenvalue weighted by Gasteiger charge is -2.35. The fourth-order valence-electron chi connectivity index (χ4n) is 2.81. The molecule has 6 heteroatoms. The molecular weight excluding hydrogens is 270 g/mol.